The number of hydrogen-bond acceptors (Lipinski definition) is 10. The van der Waals surface area contributed by atoms with Gasteiger partial charge in [-0.1, -0.05) is 6.42 Å². The van der Waals surface area contributed by atoms with Crippen molar-refractivity contribution in [1.29, 1.82) is 0 Å². The number of hydrogen-bond donors (Lipinski definition) is 2. The Bertz CT molecular complexity index is 1580. The summed E-state index contributed by atoms with van der Waals surface area (Å²) >= 11 is 0. The lowest BCUT2D eigenvalue weighted by atomic mass is 9.89. The van der Waals surface area contributed by atoms with Crippen molar-refractivity contribution < 1.29 is 19.1 Å². The molecule has 4 aliphatic rings. The molecule has 1 aromatic heterocycles. The molecule has 254 valence electrons. The Morgan fingerprint density at radius 3 is 2.02 bits per heavy atom. The minimum atomic E-state index is -0.374. The second kappa shape index (κ2) is 14.4. The van der Waals surface area contributed by atoms with Crippen LogP contribution in [0.15, 0.2) is 48.5 Å². The number of nitrogens with zero attached hydrogens (tertiary/aromatic N) is 7. The Labute approximate surface area is 281 Å². The maximum atomic E-state index is 13.2. The van der Waals surface area contributed by atoms with Crippen LogP contribution in [0.1, 0.15) is 43.5 Å². The fourth-order valence-corrected chi connectivity index (χ4v) is 6.82. The summed E-state index contributed by atoms with van der Waals surface area (Å²) in [6, 6.07) is 15.2. The molecule has 0 spiro atoms. The van der Waals surface area contributed by atoms with E-state index >= 15 is 0 Å². The molecule has 3 amide bonds. The van der Waals surface area contributed by atoms with Gasteiger partial charge in [0.15, 0.2) is 5.82 Å². The molecule has 2 aromatic carbocycles. The summed E-state index contributed by atoms with van der Waals surface area (Å²) in [6.45, 7) is 11.4. The number of piperazine rings is 1. The fraction of sp³-hybridized carbons (Fsp3) is 0.514. The summed E-state index contributed by atoms with van der Waals surface area (Å²) in [5, 5.41) is 5.76. The topological polar surface area (TPSA) is 128 Å². The van der Waals surface area contributed by atoms with Gasteiger partial charge < -0.3 is 34.8 Å². The zero-order valence-electron chi connectivity index (χ0n) is 27.8. The van der Waals surface area contributed by atoms with Crippen LogP contribution in [0.4, 0.5) is 28.1 Å². The Hall–Kier alpha value is -4.33. The first kappa shape index (κ1) is 32.2. The van der Waals surface area contributed by atoms with Crippen LogP contribution in [0, 0.1) is 0 Å². The molecule has 48 heavy (non-hydrogen) atoms. The highest BCUT2D eigenvalue weighted by Gasteiger charge is 2.34. The predicted octanol–water partition coefficient (Wildman–Crippen LogP) is 3.94. The average molecular weight is 656 g/mol. The molecule has 2 unspecified atom stereocenters. The van der Waals surface area contributed by atoms with Crippen LogP contribution in [-0.2, 0) is 9.47 Å². The number of carbonyl (C=O) groups excluding carboxylic acids is 2. The third-order valence-electron chi connectivity index (χ3n) is 9.73. The Morgan fingerprint density at radius 2 is 1.40 bits per heavy atom. The third kappa shape index (κ3) is 7.38. The van der Waals surface area contributed by atoms with Gasteiger partial charge in [0.2, 0.25) is 11.9 Å². The van der Waals surface area contributed by atoms with Crippen molar-refractivity contribution in [2.45, 2.75) is 51.3 Å². The monoisotopic (exact) mass is 655 g/mol. The summed E-state index contributed by atoms with van der Waals surface area (Å²) in [4.78, 5) is 49.3. The number of carbonyl (C=O) groups is 2. The molecule has 3 aromatic rings. The maximum Gasteiger partial charge on any atom is 0.323 e. The second-order valence-electron chi connectivity index (χ2n) is 13.1. The molecular weight excluding hydrogens is 610 g/mol. The zero-order valence-corrected chi connectivity index (χ0v) is 27.8. The van der Waals surface area contributed by atoms with Gasteiger partial charge >= 0.3 is 6.03 Å². The van der Waals surface area contributed by atoms with E-state index in [0.29, 0.717) is 79.7 Å². The van der Waals surface area contributed by atoms with Gasteiger partial charge in [0.25, 0.3) is 5.91 Å². The Morgan fingerprint density at radius 1 is 0.750 bits per heavy atom. The van der Waals surface area contributed by atoms with E-state index in [1.807, 2.05) is 29.2 Å². The molecule has 2 N–H and O–H groups in total. The van der Waals surface area contributed by atoms with Crippen LogP contribution in [0.5, 0.6) is 0 Å². The minimum absolute atomic E-state index is 0.0352. The van der Waals surface area contributed by atoms with Crippen molar-refractivity contribution >= 4 is 35.2 Å². The van der Waals surface area contributed by atoms with Crippen molar-refractivity contribution in [2.75, 3.05) is 86.1 Å². The first-order valence-corrected chi connectivity index (χ1v) is 17.2. The van der Waals surface area contributed by atoms with Gasteiger partial charge in [-0.3, -0.25) is 9.69 Å². The molecule has 3 aliphatic heterocycles. The summed E-state index contributed by atoms with van der Waals surface area (Å²) < 4.78 is 11.3. The minimum Gasteiger partial charge on any atom is -0.378 e. The van der Waals surface area contributed by atoms with E-state index in [2.05, 4.69) is 39.2 Å². The van der Waals surface area contributed by atoms with E-state index in [1.165, 1.54) is 19.3 Å². The summed E-state index contributed by atoms with van der Waals surface area (Å²) in [6.07, 6.45) is 3.96. The molecule has 3 saturated heterocycles. The lowest BCUT2D eigenvalue weighted by molar-refractivity contribution is 0.0187. The van der Waals surface area contributed by atoms with Gasteiger partial charge in [0.05, 0.1) is 25.9 Å². The Balaban J connectivity index is 0.969. The maximum absolute atomic E-state index is 13.2. The van der Waals surface area contributed by atoms with Crippen LogP contribution in [-0.4, -0.2) is 121 Å². The molecule has 13 nitrogen and oxygen atoms in total. The average Bonchev–Trinajstić information content (AvgIpc) is 3.09. The molecular formula is C35H45N9O4. The van der Waals surface area contributed by atoms with Crippen molar-refractivity contribution in [3.05, 3.63) is 54.1 Å². The normalized spacial score (nSPS) is 22.2. The van der Waals surface area contributed by atoms with Crippen molar-refractivity contribution in [3.8, 4) is 11.4 Å². The van der Waals surface area contributed by atoms with Gasteiger partial charge in [-0.2, -0.15) is 15.0 Å². The molecule has 2 atom stereocenters. The smallest absolute Gasteiger partial charge is 0.323 e. The first-order chi connectivity index (χ1) is 23.4. The number of urea groups is 1. The van der Waals surface area contributed by atoms with Crippen LogP contribution >= 0.6 is 0 Å². The summed E-state index contributed by atoms with van der Waals surface area (Å²) in [7, 11) is 0. The van der Waals surface area contributed by atoms with E-state index in [9.17, 15) is 9.59 Å². The fourth-order valence-electron chi connectivity index (χ4n) is 6.82. The Kier molecular flexibility index (Phi) is 9.68. The van der Waals surface area contributed by atoms with E-state index in [4.69, 9.17) is 24.4 Å². The largest absolute Gasteiger partial charge is 0.378 e. The lowest BCUT2D eigenvalue weighted by Gasteiger charge is -2.47. The van der Waals surface area contributed by atoms with E-state index in [-0.39, 0.29) is 18.0 Å². The predicted molar refractivity (Wildman–Crippen MR) is 185 cm³/mol. The number of amides is 3. The molecule has 7 rings (SSSR count). The highest BCUT2D eigenvalue weighted by Crippen LogP contribution is 2.29. The number of morpholine rings is 2. The number of ether oxygens (including phenoxy) is 2. The van der Waals surface area contributed by atoms with E-state index in [1.54, 1.807) is 24.3 Å². The first-order valence-electron chi connectivity index (χ1n) is 17.2. The number of rotatable bonds is 7. The van der Waals surface area contributed by atoms with Crippen molar-refractivity contribution in [3.63, 3.8) is 0 Å². The van der Waals surface area contributed by atoms with Gasteiger partial charge in [-0.05, 0) is 75.2 Å². The van der Waals surface area contributed by atoms with Crippen molar-refractivity contribution in [1.82, 2.24) is 24.8 Å². The number of aromatic nitrogens is 3. The molecule has 0 bridgehead atoms. The highest BCUT2D eigenvalue weighted by molar-refractivity contribution is 6.00. The van der Waals surface area contributed by atoms with Gasteiger partial charge in [0.1, 0.15) is 0 Å². The number of nitrogens with one attached hydrogen (secondary N) is 2. The van der Waals surface area contributed by atoms with Gasteiger partial charge in [-0.25, -0.2) is 4.79 Å². The molecule has 0 radical (unpaired) electrons. The second-order valence-corrected chi connectivity index (χ2v) is 13.1. The van der Waals surface area contributed by atoms with E-state index < -0.39 is 0 Å². The van der Waals surface area contributed by atoms with Gasteiger partial charge in [0, 0.05) is 80.4 Å². The van der Waals surface area contributed by atoms with Crippen LogP contribution in [0.3, 0.4) is 0 Å². The summed E-state index contributed by atoms with van der Waals surface area (Å²) in [5.41, 5.74) is 2.68. The molecule has 1 saturated carbocycles. The lowest BCUT2D eigenvalue weighted by Crippen LogP contribution is -2.58. The van der Waals surface area contributed by atoms with Crippen LogP contribution in [0.25, 0.3) is 11.4 Å². The number of benzene rings is 2. The number of anilines is 4. The summed E-state index contributed by atoms with van der Waals surface area (Å²) in [5.74, 6) is 1.87. The van der Waals surface area contributed by atoms with Gasteiger partial charge in [-0.15, -0.1) is 0 Å². The van der Waals surface area contributed by atoms with E-state index in [0.717, 1.165) is 38.3 Å². The molecule has 1 aliphatic carbocycles. The zero-order chi connectivity index (χ0) is 33.0. The van der Waals surface area contributed by atoms with Crippen LogP contribution < -0.4 is 20.4 Å². The van der Waals surface area contributed by atoms with Crippen LogP contribution in [0.2, 0.25) is 0 Å². The highest BCUT2D eigenvalue weighted by atomic mass is 16.5. The third-order valence-corrected chi connectivity index (χ3v) is 9.73. The van der Waals surface area contributed by atoms with Crippen molar-refractivity contribution in [2.24, 2.45) is 0 Å². The SMILES string of the molecule is CC1CN(c2nc(-c3ccc(NC(=O)Nc4ccc(C(=O)N5CCN(C6CCC6)C(C)C5)cc4)cc3)nc(N3CCOCC3)n2)CCO1. The molecule has 13 heteroatoms. The quantitative estimate of drug-likeness (QED) is 0.386. The molecule has 4 heterocycles. The standard InChI is InChI=1S/C35H45N9O4/c1-24-22-42(14-15-44(24)30-4-3-5-30)32(45)27-8-12-29(13-9-27)37-35(46)36-28-10-6-26(7-11-28)31-38-33(41-16-19-47-20-17-41)40-34(39-31)43-18-21-48-25(2)23-43/h6-13,24-25,30H,3-5,14-23H2,1-2H3,(H2,36,37,46). The molecule has 4 fully saturated rings.